The molecular formula is C16H30N2O2. The average Bonchev–Trinajstić information content (AvgIpc) is 2.38. The van der Waals surface area contributed by atoms with Crippen molar-refractivity contribution in [2.75, 3.05) is 13.1 Å². The smallest absolute Gasteiger partial charge is 0.237 e. The summed E-state index contributed by atoms with van der Waals surface area (Å²) in [6, 6.07) is 0.880. The Hall–Kier alpha value is -0.610. The minimum absolute atomic E-state index is 0.156. The Morgan fingerprint density at radius 1 is 1.15 bits per heavy atom. The van der Waals surface area contributed by atoms with Gasteiger partial charge in [-0.25, -0.2) is 0 Å². The molecular weight excluding hydrogens is 252 g/mol. The van der Waals surface area contributed by atoms with Crippen molar-refractivity contribution in [3.8, 4) is 0 Å². The molecule has 0 saturated carbocycles. The number of aliphatic hydroxyl groups is 1. The summed E-state index contributed by atoms with van der Waals surface area (Å²) in [6.07, 6.45) is 6.44. The van der Waals surface area contributed by atoms with Crippen LogP contribution in [0.3, 0.4) is 0 Å². The van der Waals surface area contributed by atoms with Crippen LogP contribution in [0.1, 0.15) is 59.3 Å². The van der Waals surface area contributed by atoms with E-state index in [-0.39, 0.29) is 18.1 Å². The zero-order chi connectivity index (χ0) is 14.7. The molecule has 4 heteroatoms. The van der Waals surface area contributed by atoms with Crippen LogP contribution in [0, 0.1) is 0 Å². The minimum Gasteiger partial charge on any atom is -0.392 e. The second kappa shape index (κ2) is 6.90. The van der Waals surface area contributed by atoms with Crippen molar-refractivity contribution in [3.63, 3.8) is 0 Å². The molecule has 2 aliphatic heterocycles. The van der Waals surface area contributed by atoms with E-state index >= 15 is 0 Å². The van der Waals surface area contributed by atoms with Crippen LogP contribution < -0.4 is 0 Å². The third kappa shape index (κ3) is 3.53. The number of hydrogen-bond donors (Lipinski definition) is 1. The lowest BCUT2D eigenvalue weighted by atomic mass is 9.96. The summed E-state index contributed by atoms with van der Waals surface area (Å²) in [6.45, 7) is 7.59. The molecule has 2 heterocycles. The van der Waals surface area contributed by atoms with Gasteiger partial charge < -0.3 is 10.0 Å². The Morgan fingerprint density at radius 2 is 1.80 bits per heavy atom. The highest BCUT2D eigenvalue weighted by molar-refractivity contribution is 5.79. The zero-order valence-electron chi connectivity index (χ0n) is 13.2. The molecule has 0 bridgehead atoms. The molecule has 0 aromatic rings. The molecule has 2 saturated heterocycles. The third-order valence-electron chi connectivity index (χ3n) is 5.04. The van der Waals surface area contributed by atoms with Crippen molar-refractivity contribution in [1.29, 1.82) is 0 Å². The quantitative estimate of drug-likeness (QED) is 0.861. The predicted molar refractivity (Wildman–Crippen MR) is 80.5 cm³/mol. The van der Waals surface area contributed by atoms with Gasteiger partial charge in [0.15, 0.2) is 0 Å². The van der Waals surface area contributed by atoms with Gasteiger partial charge in [0.05, 0.1) is 12.6 Å². The molecule has 4 atom stereocenters. The maximum atomic E-state index is 12.7. The Bertz CT molecular complexity index is 322. The van der Waals surface area contributed by atoms with Gasteiger partial charge in [-0.3, -0.25) is 9.69 Å². The molecule has 2 fully saturated rings. The lowest BCUT2D eigenvalue weighted by Crippen LogP contribution is -2.54. The molecule has 0 aromatic carbocycles. The van der Waals surface area contributed by atoms with Gasteiger partial charge >= 0.3 is 0 Å². The number of carbonyl (C=O) groups excluding carboxylic acids is 1. The Kier molecular flexibility index (Phi) is 5.44. The molecule has 0 aromatic heterocycles. The fourth-order valence-electron chi connectivity index (χ4n) is 3.93. The molecule has 0 aliphatic carbocycles. The van der Waals surface area contributed by atoms with Gasteiger partial charge in [0, 0.05) is 18.1 Å². The molecule has 20 heavy (non-hydrogen) atoms. The van der Waals surface area contributed by atoms with Gasteiger partial charge in [0.2, 0.25) is 5.91 Å². The summed E-state index contributed by atoms with van der Waals surface area (Å²) in [5, 5.41) is 9.91. The van der Waals surface area contributed by atoms with Gasteiger partial charge in [-0.05, 0) is 59.4 Å². The molecule has 2 aliphatic rings. The summed E-state index contributed by atoms with van der Waals surface area (Å²) in [5.74, 6) is 0.247. The Balaban J connectivity index is 1.98. The highest BCUT2D eigenvalue weighted by atomic mass is 16.3. The third-order valence-corrected chi connectivity index (χ3v) is 5.04. The summed E-state index contributed by atoms with van der Waals surface area (Å²) in [5.41, 5.74) is 0. The predicted octanol–water partition coefficient (Wildman–Crippen LogP) is 2.01. The van der Waals surface area contributed by atoms with E-state index in [1.165, 1.54) is 6.42 Å². The molecule has 2 rings (SSSR count). The summed E-state index contributed by atoms with van der Waals surface area (Å²) >= 11 is 0. The number of hydrogen-bond acceptors (Lipinski definition) is 3. The van der Waals surface area contributed by atoms with Crippen molar-refractivity contribution in [1.82, 2.24) is 9.80 Å². The van der Waals surface area contributed by atoms with Gasteiger partial charge in [-0.15, -0.1) is 0 Å². The van der Waals surface area contributed by atoms with Crippen LogP contribution in [0.2, 0.25) is 0 Å². The second-order valence-electron chi connectivity index (χ2n) is 6.70. The van der Waals surface area contributed by atoms with E-state index in [4.69, 9.17) is 0 Å². The van der Waals surface area contributed by atoms with Crippen molar-refractivity contribution in [2.24, 2.45) is 0 Å². The molecule has 4 nitrogen and oxygen atoms in total. The number of amides is 1. The van der Waals surface area contributed by atoms with Crippen molar-refractivity contribution < 1.29 is 9.90 Å². The molecule has 0 unspecified atom stereocenters. The first-order valence-corrected chi connectivity index (χ1v) is 8.24. The lowest BCUT2D eigenvalue weighted by molar-refractivity contribution is -0.140. The number of likely N-dealkylation sites (tertiary alicyclic amines) is 2. The van der Waals surface area contributed by atoms with Crippen molar-refractivity contribution in [2.45, 2.75) is 83.5 Å². The minimum atomic E-state index is -0.348. The van der Waals surface area contributed by atoms with Crippen LogP contribution in [-0.2, 0) is 4.79 Å². The SMILES string of the molecule is C[C@H](O)[C@@H]1CCCCN1CC(=O)N1[C@H](C)CCC[C@H]1C. The van der Waals surface area contributed by atoms with E-state index in [1.807, 2.05) is 6.92 Å². The molecule has 1 amide bonds. The zero-order valence-corrected chi connectivity index (χ0v) is 13.2. The first kappa shape index (κ1) is 15.8. The van der Waals surface area contributed by atoms with E-state index in [1.54, 1.807) is 0 Å². The number of nitrogens with zero attached hydrogens (tertiary/aromatic N) is 2. The fraction of sp³-hybridized carbons (Fsp3) is 0.938. The summed E-state index contributed by atoms with van der Waals surface area (Å²) in [7, 11) is 0. The van der Waals surface area contributed by atoms with Gasteiger partial charge in [-0.1, -0.05) is 6.42 Å². The maximum Gasteiger partial charge on any atom is 0.237 e. The lowest BCUT2D eigenvalue weighted by Gasteiger charge is -2.42. The first-order valence-electron chi connectivity index (χ1n) is 8.24. The molecule has 1 N–H and O–H groups in total. The van der Waals surface area contributed by atoms with Gasteiger partial charge in [0.25, 0.3) is 0 Å². The van der Waals surface area contributed by atoms with Crippen LogP contribution in [0.4, 0.5) is 0 Å². The second-order valence-corrected chi connectivity index (χ2v) is 6.70. The highest BCUT2D eigenvalue weighted by Crippen LogP contribution is 2.24. The molecule has 0 radical (unpaired) electrons. The number of rotatable bonds is 3. The fourth-order valence-corrected chi connectivity index (χ4v) is 3.93. The van der Waals surface area contributed by atoms with Crippen LogP contribution in [-0.4, -0.2) is 58.1 Å². The normalized spacial score (nSPS) is 34.0. The van der Waals surface area contributed by atoms with Crippen molar-refractivity contribution >= 4 is 5.91 Å². The molecule has 116 valence electrons. The number of piperidine rings is 2. The van der Waals surface area contributed by atoms with Crippen LogP contribution in [0.5, 0.6) is 0 Å². The molecule has 0 spiro atoms. The average molecular weight is 282 g/mol. The van der Waals surface area contributed by atoms with E-state index < -0.39 is 0 Å². The Morgan fingerprint density at radius 3 is 2.40 bits per heavy atom. The largest absolute Gasteiger partial charge is 0.392 e. The number of carbonyl (C=O) groups is 1. The maximum absolute atomic E-state index is 12.7. The van der Waals surface area contributed by atoms with E-state index in [0.29, 0.717) is 18.6 Å². The van der Waals surface area contributed by atoms with E-state index in [9.17, 15) is 9.90 Å². The topological polar surface area (TPSA) is 43.8 Å². The van der Waals surface area contributed by atoms with Crippen LogP contribution in [0.25, 0.3) is 0 Å². The van der Waals surface area contributed by atoms with Crippen LogP contribution in [0.15, 0.2) is 0 Å². The standard InChI is InChI=1S/C16H30N2O2/c1-12-7-6-8-13(2)18(12)16(20)11-17-10-5-4-9-15(17)14(3)19/h12-15,19H,4-11H2,1-3H3/t12-,13-,14+,15+/m1/s1. The Labute approximate surface area is 123 Å². The summed E-state index contributed by atoms with van der Waals surface area (Å²) < 4.78 is 0. The van der Waals surface area contributed by atoms with Crippen LogP contribution >= 0.6 is 0 Å². The van der Waals surface area contributed by atoms with Gasteiger partial charge in [-0.2, -0.15) is 0 Å². The van der Waals surface area contributed by atoms with Crippen molar-refractivity contribution in [3.05, 3.63) is 0 Å². The monoisotopic (exact) mass is 282 g/mol. The first-order chi connectivity index (χ1) is 9.50. The van der Waals surface area contributed by atoms with Gasteiger partial charge in [0.1, 0.15) is 0 Å². The van der Waals surface area contributed by atoms with E-state index in [0.717, 1.165) is 38.6 Å². The highest BCUT2D eigenvalue weighted by Gasteiger charge is 2.33. The van der Waals surface area contributed by atoms with E-state index in [2.05, 4.69) is 23.6 Å². The summed E-state index contributed by atoms with van der Waals surface area (Å²) in [4.78, 5) is 16.9. The number of aliphatic hydroxyl groups excluding tert-OH is 1.